The molecule has 1 N–H and O–H groups in total. The van der Waals surface area contributed by atoms with Gasteiger partial charge in [-0.3, -0.25) is 14.4 Å². The minimum Gasteiger partial charge on any atom is -0.497 e. The highest BCUT2D eigenvalue weighted by atomic mass is 35.5. The maximum absolute atomic E-state index is 13.6. The van der Waals surface area contributed by atoms with Gasteiger partial charge in [0.15, 0.2) is 0 Å². The predicted octanol–water partition coefficient (Wildman–Crippen LogP) is 5.44. The van der Waals surface area contributed by atoms with E-state index >= 15 is 0 Å². The first-order chi connectivity index (χ1) is 19.3. The zero-order valence-electron chi connectivity index (χ0n) is 23.2. The number of amides is 3. The lowest BCUT2D eigenvalue weighted by Gasteiger charge is -2.28. The lowest BCUT2D eigenvalue weighted by Crippen LogP contribution is -2.36. The van der Waals surface area contributed by atoms with Crippen LogP contribution in [-0.2, 0) is 0 Å². The number of carbonyl (C=O) groups is 3. The summed E-state index contributed by atoms with van der Waals surface area (Å²) in [6, 6.07) is 19.2. The highest BCUT2D eigenvalue weighted by Crippen LogP contribution is 2.28. The number of hydrogen-bond donors (Lipinski definition) is 1. The topological polar surface area (TPSA) is 82.2 Å². The molecule has 0 atom stereocenters. The van der Waals surface area contributed by atoms with Crippen LogP contribution in [-0.4, -0.2) is 73.9 Å². The summed E-state index contributed by atoms with van der Waals surface area (Å²) < 4.78 is 5.17. The molecule has 3 amide bonds. The number of benzene rings is 3. The molecule has 3 aromatic carbocycles. The van der Waals surface area contributed by atoms with Gasteiger partial charge < -0.3 is 24.8 Å². The maximum Gasteiger partial charge on any atom is 0.256 e. The van der Waals surface area contributed by atoms with Crippen LogP contribution in [0.1, 0.15) is 51.3 Å². The Bertz CT molecular complexity index is 1340. The van der Waals surface area contributed by atoms with E-state index in [1.165, 1.54) is 0 Å². The van der Waals surface area contributed by atoms with Crippen molar-refractivity contribution >= 4 is 40.7 Å². The van der Waals surface area contributed by atoms with Gasteiger partial charge in [0.1, 0.15) is 5.75 Å². The highest BCUT2D eigenvalue weighted by Gasteiger charge is 2.25. The van der Waals surface area contributed by atoms with Gasteiger partial charge in [0, 0.05) is 66.8 Å². The molecular formula is C31H35ClN4O4. The van der Waals surface area contributed by atoms with Crippen LogP contribution in [0.25, 0.3) is 0 Å². The molecule has 0 radical (unpaired) electrons. The Morgan fingerprint density at radius 2 is 1.55 bits per heavy atom. The number of ether oxygens (including phenoxy) is 1. The minimum atomic E-state index is -0.275. The Hall–Kier alpha value is -4.04. The summed E-state index contributed by atoms with van der Waals surface area (Å²) in [5.74, 6) is 0.259. The minimum absolute atomic E-state index is 0.0328. The summed E-state index contributed by atoms with van der Waals surface area (Å²) >= 11 is 5.99. The average molecular weight is 563 g/mol. The molecule has 1 heterocycles. The number of rotatable bonds is 8. The van der Waals surface area contributed by atoms with Gasteiger partial charge in [-0.05, 0) is 87.0 Å². The fraction of sp³-hybridized carbons (Fsp3) is 0.323. The van der Waals surface area contributed by atoms with Crippen molar-refractivity contribution in [1.82, 2.24) is 9.80 Å². The summed E-state index contributed by atoms with van der Waals surface area (Å²) in [5.41, 5.74) is 2.94. The standard InChI is InChI=1S/C31H35ClN4O4/c1-4-34(5-2)31(39)27-21-25(33-29(37)22-9-14-26(40-3)15-10-22)13-16-28(27)35-17-6-18-36(20-19-35)30(38)23-7-11-24(32)12-8-23/h7-16,21H,4-6,17-20H2,1-3H3,(H,33,37). The number of hydrogen-bond acceptors (Lipinski definition) is 5. The summed E-state index contributed by atoms with van der Waals surface area (Å²) in [5, 5.41) is 3.51. The van der Waals surface area contributed by atoms with E-state index in [2.05, 4.69) is 10.2 Å². The predicted molar refractivity (Wildman–Crippen MR) is 159 cm³/mol. The number of carbonyl (C=O) groups excluding carboxylic acids is 3. The van der Waals surface area contributed by atoms with Gasteiger partial charge in [0.05, 0.1) is 12.7 Å². The van der Waals surface area contributed by atoms with E-state index in [9.17, 15) is 14.4 Å². The van der Waals surface area contributed by atoms with Crippen LogP contribution in [0.2, 0.25) is 5.02 Å². The number of anilines is 2. The fourth-order valence-electron chi connectivity index (χ4n) is 4.82. The molecule has 1 saturated heterocycles. The molecule has 0 bridgehead atoms. The molecule has 1 aliphatic rings. The van der Waals surface area contributed by atoms with Gasteiger partial charge >= 0.3 is 0 Å². The third kappa shape index (κ3) is 6.74. The van der Waals surface area contributed by atoms with E-state index in [1.807, 2.05) is 30.9 Å². The van der Waals surface area contributed by atoms with E-state index in [1.54, 1.807) is 66.6 Å². The van der Waals surface area contributed by atoms with E-state index in [0.717, 1.165) is 12.1 Å². The molecule has 0 aromatic heterocycles. The molecule has 0 aliphatic carbocycles. The molecule has 9 heteroatoms. The van der Waals surface area contributed by atoms with Crippen molar-refractivity contribution in [2.75, 3.05) is 56.6 Å². The Balaban J connectivity index is 1.56. The normalized spacial score (nSPS) is 13.4. The van der Waals surface area contributed by atoms with Gasteiger partial charge in [-0.25, -0.2) is 0 Å². The first-order valence-electron chi connectivity index (χ1n) is 13.5. The lowest BCUT2D eigenvalue weighted by atomic mass is 10.1. The van der Waals surface area contributed by atoms with Crippen LogP contribution in [0.4, 0.5) is 11.4 Å². The fourth-order valence-corrected chi connectivity index (χ4v) is 4.95. The molecule has 8 nitrogen and oxygen atoms in total. The SMILES string of the molecule is CCN(CC)C(=O)c1cc(NC(=O)c2ccc(OC)cc2)ccc1N1CCCN(C(=O)c2ccc(Cl)cc2)CC1. The number of halogens is 1. The third-order valence-electron chi connectivity index (χ3n) is 7.10. The monoisotopic (exact) mass is 562 g/mol. The second-order valence-corrected chi connectivity index (χ2v) is 9.97. The lowest BCUT2D eigenvalue weighted by molar-refractivity contribution is 0.0760. The first kappa shape index (κ1) is 29.0. The second-order valence-electron chi connectivity index (χ2n) is 9.53. The number of nitrogens with zero attached hydrogens (tertiary/aromatic N) is 3. The zero-order valence-corrected chi connectivity index (χ0v) is 23.9. The highest BCUT2D eigenvalue weighted by molar-refractivity contribution is 6.30. The molecule has 0 saturated carbocycles. The van der Waals surface area contributed by atoms with Crippen molar-refractivity contribution in [3.05, 3.63) is 88.4 Å². The van der Waals surface area contributed by atoms with Crippen molar-refractivity contribution in [3.8, 4) is 5.75 Å². The van der Waals surface area contributed by atoms with Crippen LogP contribution in [0.5, 0.6) is 5.75 Å². The molecule has 1 aliphatic heterocycles. The molecule has 4 rings (SSSR count). The van der Waals surface area contributed by atoms with Gasteiger partial charge in [-0.1, -0.05) is 11.6 Å². The molecule has 0 spiro atoms. The summed E-state index contributed by atoms with van der Waals surface area (Å²) in [6.07, 6.45) is 0.758. The van der Waals surface area contributed by atoms with Gasteiger partial charge in [-0.2, -0.15) is 0 Å². The van der Waals surface area contributed by atoms with Crippen LogP contribution in [0.3, 0.4) is 0 Å². The summed E-state index contributed by atoms with van der Waals surface area (Å²) in [7, 11) is 1.57. The van der Waals surface area contributed by atoms with Gasteiger partial charge in [0.2, 0.25) is 0 Å². The smallest absolute Gasteiger partial charge is 0.256 e. The molecule has 210 valence electrons. The van der Waals surface area contributed by atoms with E-state index in [4.69, 9.17) is 16.3 Å². The van der Waals surface area contributed by atoms with Crippen LogP contribution in [0.15, 0.2) is 66.7 Å². The third-order valence-corrected chi connectivity index (χ3v) is 7.35. The van der Waals surface area contributed by atoms with Crippen molar-refractivity contribution in [2.45, 2.75) is 20.3 Å². The Labute approximate surface area is 240 Å². The van der Waals surface area contributed by atoms with Crippen LogP contribution < -0.4 is 15.0 Å². The molecule has 40 heavy (non-hydrogen) atoms. The van der Waals surface area contributed by atoms with Crippen LogP contribution >= 0.6 is 11.6 Å². The van der Waals surface area contributed by atoms with E-state index in [-0.39, 0.29) is 17.7 Å². The molecule has 0 unspecified atom stereocenters. The van der Waals surface area contributed by atoms with Gasteiger partial charge in [0.25, 0.3) is 17.7 Å². The Kier molecular flexibility index (Phi) is 9.66. The second kappa shape index (κ2) is 13.3. The summed E-state index contributed by atoms with van der Waals surface area (Å²) in [6.45, 7) is 7.45. The van der Waals surface area contributed by atoms with Gasteiger partial charge in [-0.15, -0.1) is 0 Å². The van der Waals surface area contributed by atoms with Crippen LogP contribution in [0, 0.1) is 0 Å². The quantitative estimate of drug-likeness (QED) is 0.395. The molecule has 3 aromatic rings. The average Bonchev–Trinajstić information content (AvgIpc) is 3.24. The summed E-state index contributed by atoms with van der Waals surface area (Å²) in [4.78, 5) is 45.4. The Morgan fingerprint density at radius 3 is 2.20 bits per heavy atom. The molecular weight excluding hydrogens is 528 g/mol. The number of nitrogens with one attached hydrogen (secondary N) is 1. The Morgan fingerprint density at radius 1 is 0.875 bits per heavy atom. The largest absolute Gasteiger partial charge is 0.497 e. The van der Waals surface area contributed by atoms with Crippen molar-refractivity contribution in [2.24, 2.45) is 0 Å². The van der Waals surface area contributed by atoms with E-state index < -0.39 is 0 Å². The zero-order chi connectivity index (χ0) is 28.6. The van der Waals surface area contributed by atoms with E-state index in [0.29, 0.717) is 72.4 Å². The first-order valence-corrected chi connectivity index (χ1v) is 13.9. The number of methoxy groups -OCH3 is 1. The maximum atomic E-state index is 13.6. The molecule has 1 fully saturated rings. The van der Waals surface area contributed by atoms with Crippen molar-refractivity contribution < 1.29 is 19.1 Å². The van der Waals surface area contributed by atoms with Crippen molar-refractivity contribution in [3.63, 3.8) is 0 Å². The van der Waals surface area contributed by atoms with Crippen molar-refractivity contribution in [1.29, 1.82) is 0 Å².